The van der Waals surface area contributed by atoms with Gasteiger partial charge in [0.1, 0.15) is 0 Å². The highest BCUT2D eigenvalue weighted by atomic mass is 32.2. The van der Waals surface area contributed by atoms with Gasteiger partial charge in [0, 0.05) is 17.3 Å². The lowest BCUT2D eigenvalue weighted by Crippen LogP contribution is -2.39. The van der Waals surface area contributed by atoms with Crippen molar-refractivity contribution in [1.82, 2.24) is 5.32 Å². The van der Waals surface area contributed by atoms with Gasteiger partial charge in [0.15, 0.2) is 0 Å². The fourth-order valence-electron chi connectivity index (χ4n) is 1.77. The molecule has 0 saturated heterocycles. The van der Waals surface area contributed by atoms with E-state index >= 15 is 0 Å². The van der Waals surface area contributed by atoms with Crippen molar-refractivity contribution in [2.24, 2.45) is 0 Å². The maximum Gasteiger partial charge on any atom is 0.0225 e. The Bertz CT molecular complexity index is 139. The van der Waals surface area contributed by atoms with Crippen LogP contribution in [-0.2, 0) is 0 Å². The van der Waals surface area contributed by atoms with Gasteiger partial charge in [-0.3, -0.25) is 0 Å². The Balaban J connectivity index is 2.17. The molecular weight excluding hydrogens is 178 g/mol. The molecule has 0 amide bonds. The van der Waals surface area contributed by atoms with Crippen LogP contribution in [0.3, 0.4) is 0 Å². The Morgan fingerprint density at radius 2 is 1.85 bits per heavy atom. The zero-order chi connectivity index (χ0) is 9.73. The molecule has 78 valence electrons. The van der Waals surface area contributed by atoms with Crippen LogP contribution in [0.4, 0.5) is 0 Å². The normalized spacial score (nSPS) is 20.5. The van der Waals surface area contributed by atoms with Gasteiger partial charge in [-0.1, -0.05) is 19.3 Å². The van der Waals surface area contributed by atoms with Crippen molar-refractivity contribution >= 4 is 11.8 Å². The lowest BCUT2D eigenvalue weighted by atomic mass is 9.95. The molecule has 1 aliphatic rings. The van der Waals surface area contributed by atoms with Gasteiger partial charge in [0.2, 0.25) is 0 Å². The molecule has 1 N–H and O–H groups in total. The monoisotopic (exact) mass is 201 g/mol. The molecule has 1 nitrogen and oxygen atoms in total. The van der Waals surface area contributed by atoms with Crippen molar-refractivity contribution in [2.75, 3.05) is 12.8 Å². The number of rotatable bonds is 4. The van der Waals surface area contributed by atoms with Crippen LogP contribution >= 0.6 is 11.8 Å². The Hall–Kier alpha value is 0.310. The van der Waals surface area contributed by atoms with Crippen molar-refractivity contribution in [3.63, 3.8) is 0 Å². The molecule has 0 radical (unpaired) electrons. The SMILES string of the molecule is CSC(C)(C)CNC1CCCCC1. The van der Waals surface area contributed by atoms with Gasteiger partial charge in [-0.25, -0.2) is 0 Å². The van der Waals surface area contributed by atoms with Gasteiger partial charge >= 0.3 is 0 Å². The number of nitrogens with one attached hydrogen (secondary N) is 1. The van der Waals surface area contributed by atoms with Crippen LogP contribution < -0.4 is 5.32 Å². The van der Waals surface area contributed by atoms with Gasteiger partial charge in [0.25, 0.3) is 0 Å². The van der Waals surface area contributed by atoms with E-state index in [-0.39, 0.29) is 0 Å². The van der Waals surface area contributed by atoms with Crippen LogP contribution in [0.2, 0.25) is 0 Å². The first-order valence-electron chi connectivity index (χ1n) is 5.42. The van der Waals surface area contributed by atoms with E-state index in [1.165, 1.54) is 32.1 Å². The summed E-state index contributed by atoms with van der Waals surface area (Å²) in [6.07, 6.45) is 9.29. The van der Waals surface area contributed by atoms with E-state index in [0.29, 0.717) is 4.75 Å². The molecule has 0 unspecified atom stereocenters. The summed E-state index contributed by atoms with van der Waals surface area (Å²) in [6.45, 7) is 5.78. The van der Waals surface area contributed by atoms with E-state index in [4.69, 9.17) is 0 Å². The summed E-state index contributed by atoms with van der Waals surface area (Å²) in [7, 11) is 0. The van der Waals surface area contributed by atoms with Crippen molar-refractivity contribution in [1.29, 1.82) is 0 Å². The summed E-state index contributed by atoms with van der Waals surface area (Å²) < 4.78 is 0.400. The van der Waals surface area contributed by atoms with Crippen LogP contribution in [-0.4, -0.2) is 23.6 Å². The van der Waals surface area contributed by atoms with Gasteiger partial charge in [-0.15, -0.1) is 0 Å². The predicted octanol–water partition coefficient (Wildman–Crippen LogP) is 3.05. The zero-order valence-corrected chi connectivity index (χ0v) is 10.0. The lowest BCUT2D eigenvalue weighted by molar-refractivity contribution is 0.364. The van der Waals surface area contributed by atoms with E-state index in [1.807, 2.05) is 11.8 Å². The highest BCUT2D eigenvalue weighted by molar-refractivity contribution is 7.99. The minimum absolute atomic E-state index is 0.400. The van der Waals surface area contributed by atoms with E-state index < -0.39 is 0 Å². The molecule has 0 aromatic carbocycles. The first-order chi connectivity index (χ1) is 6.14. The van der Waals surface area contributed by atoms with Crippen LogP contribution in [0.15, 0.2) is 0 Å². The molecule has 0 aliphatic heterocycles. The van der Waals surface area contributed by atoms with Gasteiger partial charge in [0.05, 0.1) is 0 Å². The van der Waals surface area contributed by atoms with Crippen LogP contribution in [0.25, 0.3) is 0 Å². The smallest absolute Gasteiger partial charge is 0.0225 e. The molecule has 0 spiro atoms. The van der Waals surface area contributed by atoms with Crippen molar-refractivity contribution in [2.45, 2.75) is 56.7 Å². The van der Waals surface area contributed by atoms with Gasteiger partial charge in [-0.2, -0.15) is 11.8 Å². The van der Waals surface area contributed by atoms with Crippen LogP contribution in [0.5, 0.6) is 0 Å². The second-order valence-electron chi connectivity index (χ2n) is 4.68. The average molecular weight is 201 g/mol. The highest BCUT2D eigenvalue weighted by Crippen LogP contribution is 2.22. The van der Waals surface area contributed by atoms with Gasteiger partial charge < -0.3 is 5.32 Å². The summed E-state index contributed by atoms with van der Waals surface area (Å²) >= 11 is 1.95. The van der Waals surface area contributed by atoms with E-state index in [0.717, 1.165) is 12.6 Å². The molecule has 1 aliphatic carbocycles. The van der Waals surface area contributed by atoms with E-state index in [9.17, 15) is 0 Å². The maximum absolute atomic E-state index is 3.69. The Kier molecular flexibility index (Phi) is 4.60. The first-order valence-corrected chi connectivity index (χ1v) is 6.65. The summed E-state index contributed by atoms with van der Waals surface area (Å²) in [5, 5.41) is 3.69. The molecular formula is C11H23NS. The fourth-order valence-corrected chi connectivity index (χ4v) is 2.00. The quantitative estimate of drug-likeness (QED) is 0.750. The largest absolute Gasteiger partial charge is 0.313 e. The Labute approximate surface area is 87.1 Å². The number of hydrogen-bond acceptors (Lipinski definition) is 2. The Morgan fingerprint density at radius 1 is 1.23 bits per heavy atom. The molecule has 13 heavy (non-hydrogen) atoms. The second kappa shape index (κ2) is 5.26. The summed E-state index contributed by atoms with van der Waals surface area (Å²) in [5.41, 5.74) is 0. The van der Waals surface area contributed by atoms with Crippen LogP contribution in [0, 0.1) is 0 Å². The maximum atomic E-state index is 3.69. The average Bonchev–Trinajstić information content (AvgIpc) is 2.17. The highest BCUT2D eigenvalue weighted by Gasteiger charge is 2.19. The van der Waals surface area contributed by atoms with Gasteiger partial charge in [-0.05, 0) is 32.9 Å². The summed E-state index contributed by atoms with van der Waals surface area (Å²) in [6, 6.07) is 0.806. The topological polar surface area (TPSA) is 12.0 Å². The molecule has 1 fully saturated rings. The Morgan fingerprint density at radius 3 is 2.38 bits per heavy atom. The molecule has 0 atom stereocenters. The third-order valence-electron chi connectivity index (χ3n) is 2.97. The second-order valence-corrected chi connectivity index (χ2v) is 6.19. The predicted molar refractivity (Wildman–Crippen MR) is 62.5 cm³/mol. The lowest BCUT2D eigenvalue weighted by Gasteiger charge is -2.28. The third-order valence-corrected chi connectivity index (χ3v) is 4.22. The molecule has 1 saturated carbocycles. The number of hydrogen-bond donors (Lipinski definition) is 1. The zero-order valence-electron chi connectivity index (χ0n) is 9.23. The minimum atomic E-state index is 0.400. The van der Waals surface area contributed by atoms with Crippen LogP contribution in [0.1, 0.15) is 46.0 Å². The molecule has 2 heteroatoms. The molecule has 0 bridgehead atoms. The minimum Gasteiger partial charge on any atom is -0.313 e. The molecule has 0 heterocycles. The summed E-state index contributed by atoms with van der Waals surface area (Å²) in [4.78, 5) is 0. The summed E-state index contributed by atoms with van der Waals surface area (Å²) in [5.74, 6) is 0. The van der Waals surface area contributed by atoms with Crippen molar-refractivity contribution < 1.29 is 0 Å². The standard InChI is InChI=1S/C11H23NS/c1-11(2,13-3)9-12-10-7-5-4-6-8-10/h10,12H,4-9H2,1-3H3. The van der Waals surface area contributed by atoms with E-state index in [1.54, 1.807) is 0 Å². The third kappa shape index (κ3) is 4.37. The first kappa shape index (κ1) is 11.4. The fraction of sp³-hybridized carbons (Fsp3) is 1.00. The van der Waals surface area contributed by atoms with Crippen molar-refractivity contribution in [3.05, 3.63) is 0 Å². The molecule has 1 rings (SSSR count). The molecule has 0 aromatic rings. The van der Waals surface area contributed by atoms with E-state index in [2.05, 4.69) is 25.4 Å². The molecule has 0 aromatic heterocycles. The number of thioether (sulfide) groups is 1. The van der Waals surface area contributed by atoms with Crippen molar-refractivity contribution in [3.8, 4) is 0 Å².